The third-order valence-electron chi connectivity index (χ3n) is 5.09. The largest absolute Gasteiger partial charge is 0.481 e. The van der Waals surface area contributed by atoms with Crippen LogP contribution >= 0.6 is 0 Å². The van der Waals surface area contributed by atoms with Gasteiger partial charge < -0.3 is 15.1 Å². The van der Waals surface area contributed by atoms with Gasteiger partial charge in [0.25, 0.3) is 0 Å². The molecule has 0 radical (unpaired) electrons. The summed E-state index contributed by atoms with van der Waals surface area (Å²) < 4.78 is 36.7. The van der Waals surface area contributed by atoms with Gasteiger partial charge in [-0.05, 0) is 42.7 Å². The summed E-state index contributed by atoms with van der Waals surface area (Å²) in [5, 5.41) is 20.5. The first-order chi connectivity index (χ1) is 13.1. The number of aliphatic hydroxyl groups excluding tert-OH is 1. The van der Waals surface area contributed by atoms with Crippen LogP contribution in [0.5, 0.6) is 0 Å². The van der Waals surface area contributed by atoms with Crippen LogP contribution < -0.4 is 4.90 Å². The van der Waals surface area contributed by atoms with Crippen LogP contribution in [0.15, 0.2) is 47.5 Å². The van der Waals surface area contributed by atoms with Gasteiger partial charge in [0.05, 0.1) is 11.0 Å². The molecule has 2 atom stereocenters. The number of sulfone groups is 1. The number of aliphatic hydroxyl groups is 1. The van der Waals surface area contributed by atoms with E-state index in [0.29, 0.717) is 17.9 Å². The molecule has 1 aliphatic rings. The topological polar surface area (TPSA) is 108 Å². The molecule has 1 fully saturated rings. The molecule has 0 aliphatic carbocycles. The van der Waals surface area contributed by atoms with Crippen molar-refractivity contribution in [3.8, 4) is 0 Å². The van der Waals surface area contributed by atoms with Crippen LogP contribution in [-0.2, 0) is 21.1 Å². The molecule has 28 heavy (non-hydrogen) atoms. The zero-order valence-corrected chi connectivity index (χ0v) is 16.1. The van der Waals surface area contributed by atoms with Crippen LogP contribution in [0.4, 0.5) is 10.2 Å². The van der Waals surface area contributed by atoms with Crippen molar-refractivity contribution < 1.29 is 27.8 Å². The van der Waals surface area contributed by atoms with Crippen molar-refractivity contribution in [3.63, 3.8) is 0 Å². The fraction of sp³-hybridized carbons (Fsp3) is 0.368. The number of halogens is 1. The lowest BCUT2D eigenvalue weighted by Crippen LogP contribution is -2.57. The normalized spacial score (nSPS) is 22.8. The fourth-order valence-corrected chi connectivity index (χ4v) is 4.08. The molecule has 1 aliphatic heterocycles. The monoisotopic (exact) mass is 408 g/mol. The van der Waals surface area contributed by atoms with E-state index in [1.54, 1.807) is 11.0 Å². The number of carbonyl (C=O) groups is 1. The number of piperidine rings is 1. The number of benzene rings is 1. The van der Waals surface area contributed by atoms with E-state index >= 15 is 0 Å². The lowest BCUT2D eigenvalue weighted by Gasteiger charge is -2.44. The molecule has 2 aromatic rings. The van der Waals surface area contributed by atoms with E-state index in [4.69, 9.17) is 0 Å². The molecule has 9 heteroatoms. The highest BCUT2D eigenvalue weighted by molar-refractivity contribution is 7.90. The Balaban J connectivity index is 1.91. The molecule has 150 valence electrons. The molecule has 0 spiro atoms. The van der Waals surface area contributed by atoms with Gasteiger partial charge >= 0.3 is 5.97 Å². The maximum Gasteiger partial charge on any atom is 0.314 e. The minimum Gasteiger partial charge on any atom is -0.481 e. The summed E-state index contributed by atoms with van der Waals surface area (Å²) in [5.74, 6) is -1.23. The smallest absolute Gasteiger partial charge is 0.314 e. The van der Waals surface area contributed by atoms with E-state index in [1.165, 1.54) is 36.5 Å². The Kier molecular flexibility index (Phi) is 5.40. The van der Waals surface area contributed by atoms with Crippen LogP contribution in [-0.4, -0.2) is 55.0 Å². The zero-order chi connectivity index (χ0) is 20.5. The molecule has 1 aromatic heterocycles. The molecule has 0 amide bonds. The number of hydrogen-bond donors (Lipinski definition) is 2. The molecule has 2 N–H and O–H groups in total. The van der Waals surface area contributed by atoms with Gasteiger partial charge in [0.1, 0.15) is 17.1 Å². The van der Waals surface area contributed by atoms with Crippen LogP contribution in [0, 0.1) is 11.2 Å². The summed E-state index contributed by atoms with van der Waals surface area (Å²) in [4.78, 5) is 18.1. The molecule has 1 saturated heterocycles. The molecule has 3 rings (SSSR count). The predicted octanol–water partition coefficient (Wildman–Crippen LogP) is 1.51. The van der Waals surface area contributed by atoms with Crippen molar-refractivity contribution in [2.75, 3.05) is 24.2 Å². The summed E-state index contributed by atoms with van der Waals surface area (Å²) in [6, 6.07) is 8.58. The van der Waals surface area contributed by atoms with Crippen molar-refractivity contribution in [1.82, 2.24) is 4.98 Å². The van der Waals surface area contributed by atoms with Crippen molar-refractivity contribution in [3.05, 3.63) is 54.0 Å². The van der Waals surface area contributed by atoms with Crippen molar-refractivity contribution >= 4 is 21.6 Å². The number of rotatable bonds is 5. The number of nitrogens with zero attached hydrogens (tertiary/aromatic N) is 2. The Hall–Kier alpha value is -2.52. The van der Waals surface area contributed by atoms with Gasteiger partial charge in [-0.1, -0.05) is 12.1 Å². The van der Waals surface area contributed by atoms with Crippen LogP contribution in [0.2, 0.25) is 0 Å². The Morgan fingerprint density at radius 2 is 2.11 bits per heavy atom. The van der Waals surface area contributed by atoms with Crippen LogP contribution in [0.1, 0.15) is 12.0 Å². The highest BCUT2D eigenvalue weighted by atomic mass is 32.2. The van der Waals surface area contributed by atoms with Gasteiger partial charge in [0.2, 0.25) is 0 Å². The van der Waals surface area contributed by atoms with Gasteiger partial charge in [-0.3, -0.25) is 4.79 Å². The summed E-state index contributed by atoms with van der Waals surface area (Å²) >= 11 is 0. The highest BCUT2D eigenvalue weighted by Gasteiger charge is 2.49. The second-order valence-corrected chi connectivity index (χ2v) is 9.13. The summed E-state index contributed by atoms with van der Waals surface area (Å²) in [6.45, 7) is 0.329. The minimum absolute atomic E-state index is 0.0365. The molecular weight excluding hydrogens is 387 g/mol. The molecular formula is C19H21FN2O5S. The number of hydrogen-bond acceptors (Lipinski definition) is 6. The maximum absolute atomic E-state index is 13.5. The first-order valence-electron chi connectivity index (χ1n) is 8.69. The van der Waals surface area contributed by atoms with E-state index in [0.717, 1.165) is 6.26 Å². The van der Waals surface area contributed by atoms with Crippen molar-refractivity contribution in [2.45, 2.75) is 23.8 Å². The number of carboxylic acid groups (broad SMARTS) is 1. The number of pyridine rings is 1. The number of carboxylic acids is 1. The third kappa shape index (κ3) is 4.00. The maximum atomic E-state index is 13.5. The van der Waals surface area contributed by atoms with Crippen molar-refractivity contribution in [1.29, 1.82) is 0 Å². The van der Waals surface area contributed by atoms with E-state index < -0.39 is 33.1 Å². The molecule has 0 unspecified atom stereocenters. The van der Waals surface area contributed by atoms with Gasteiger partial charge in [-0.2, -0.15) is 0 Å². The first-order valence-corrected chi connectivity index (χ1v) is 10.6. The summed E-state index contributed by atoms with van der Waals surface area (Å²) in [7, 11) is -3.39. The number of aliphatic carboxylic acids is 1. The molecule has 0 saturated carbocycles. The highest BCUT2D eigenvalue weighted by Crippen LogP contribution is 2.36. The van der Waals surface area contributed by atoms with E-state index in [1.807, 2.05) is 0 Å². The third-order valence-corrected chi connectivity index (χ3v) is 6.19. The van der Waals surface area contributed by atoms with E-state index in [2.05, 4.69) is 4.98 Å². The number of anilines is 1. The van der Waals surface area contributed by atoms with Crippen LogP contribution in [0.25, 0.3) is 0 Å². The van der Waals surface area contributed by atoms with Gasteiger partial charge in [-0.25, -0.2) is 17.8 Å². The van der Waals surface area contributed by atoms with Gasteiger partial charge in [0.15, 0.2) is 9.84 Å². The van der Waals surface area contributed by atoms with Crippen LogP contribution in [0.3, 0.4) is 0 Å². The zero-order valence-electron chi connectivity index (χ0n) is 15.2. The molecule has 0 bridgehead atoms. The number of aromatic nitrogens is 1. The second kappa shape index (κ2) is 7.48. The van der Waals surface area contributed by atoms with E-state index in [-0.39, 0.29) is 24.3 Å². The SMILES string of the molecule is CS(=O)(=O)c1ccc(N2CC[C@H](O)[C@](Cc3cccc(F)c3)(C(=O)O)C2)nc1. The lowest BCUT2D eigenvalue weighted by molar-refractivity contribution is -0.157. The van der Waals surface area contributed by atoms with Gasteiger partial charge in [-0.15, -0.1) is 0 Å². The standard InChI is InChI=1S/C19H21FN2O5S/c1-28(26,27)15-5-6-17(21-11-15)22-8-7-16(23)19(12-22,18(24)25)10-13-3-2-4-14(20)9-13/h2-6,9,11,16,23H,7-8,10,12H2,1H3,(H,24,25)/t16-,19+/m0/s1. The fourth-order valence-electron chi connectivity index (χ4n) is 3.52. The molecule has 1 aromatic carbocycles. The summed E-state index contributed by atoms with van der Waals surface area (Å²) in [6.07, 6.45) is 1.34. The first kappa shape index (κ1) is 20.2. The summed E-state index contributed by atoms with van der Waals surface area (Å²) in [5.41, 5.74) is -1.06. The Morgan fingerprint density at radius 1 is 1.36 bits per heavy atom. The lowest BCUT2D eigenvalue weighted by atomic mass is 9.73. The van der Waals surface area contributed by atoms with E-state index in [9.17, 15) is 27.8 Å². The predicted molar refractivity (Wildman–Crippen MR) is 100 cm³/mol. The Morgan fingerprint density at radius 3 is 2.68 bits per heavy atom. The minimum atomic E-state index is -3.39. The average molecular weight is 408 g/mol. The second-order valence-electron chi connectivity index (χ2n) is 7.12. The molecule has 2 heterocycles. The Labute approximate surface area is 162 Å². The van der Waals surface area contributed by atoms with Gasteiger partial charge in [0, 0.05) is 25.5 Å². The van der Waals surface area contributed by atoms with Crippen molar-refractivity contribution in [2.24, 2.45) is 5.41 Å². The Bertz CT molecular complexity index is 980. The quantitative estimate of drug-likeness (QED) is 0.772. The molecule has 7 nitrogen and oxygen atoms in total. The average Bonchev–Trinajstić information content (AvgIpc) is 2.63.